The Labute approximate surface area is 184 Å². The average molecular weight is 431 g/mol. The molecule has 32 heavy (non-hydrogen) atoms. The summed E-state index contributed by atoms with van der Waals surface area (Å²) < 4.78 is 16.5. The smallest absolute Gasteiger partial charge is 0.444 e. The minimum absolute atomic E-state index is 0.121. The molecule has 0 unspecified atom stereocenters. The van der Waals surface area contributed by atoms with Crippen molar-refractivity contribution in [2.75, 3.05) is 12.4 Å². The fraction of sp³-hybridized carbons (Fsp3) is 0.125. The van der Waals surface area contributed by atoms with Crippen molar-refractivity contribution in [2.24, 2.45) is 0 Å². The highest BCUT2D eigenvalue weighted by Gasteiger charge is 2.10. The number of hydrogen-bond donors (Lipinski definition) is 1. The van der Waals surface area contributed by atoms with Crippen LogP contribution in [-0.2, 0) is 17.8 Å². The molecule has 0 bridgehead atoms. The molecule has 0 aliphatic rings. The van der Waals surface area contributed by atoms with E-state index in [4.69, 9.17) is 13.9 Å². The second kappa shape index (κ2) is 9.65. The maximum absolute atomic E-state index is 12.4. The first-order chi connectivity index (χ1) is 15.6. The molecule has 0 aliphatic carbocycles. The van der Waals surface area contributed by atoms with E-state index in [0.717, 1.165) is 21.6 Å². The minimum Gasteiger partial charge on any atom is -0.489 e. The first-order valence-corrected chi connectivity index (χ1v) is 9.91. The molecule has 1 amide bonds. The van der Waals surface area contributed by atoms with Gasteiger partial charge in [0, 0.05) is 5.69 Å². The van der Waals surface area contributed by atoms with Crippen LogP contribution in [0.5, 0.6) is 11.8 Å². The summed E-state index contributed by atoms with van der Waals surface area (Å²) in [6.45, 7) is 0.490. The van der Waals surface area contributed by atoms with E-state index in [0.29, 0.717) is 18.0 Å². The standard InChI is InChI=1S/C24H21N3O5/c1-30-23-26-27(24(29)32-23)20-11-9-19(10-12-20)25-22(28)15-17-7-13-21(14-8-17)31-16-18-5-3-2-4-6-18/h2-14H,15-16H2,1H3,(H,25,28). The van der Waals surface area contributed by atoms with Gasteiger partial charge in [-0.15, -0.1) is 0 Å². The number of aromatic nitrogens is 2. The van der Waals surface area contributed by atoms with Gasteiger partial charge in [-0.05, 0) is 47.5 Å². The summed E-state index contributed by atoms with van der Waals surface area (Å²) in [7, 11) is 1.36. The number of nitrogens with one attached hydrogen (secondary N) is 1. The van der Waals surface area contributed by atoms with Crippen LogP contribution in [0.1, 0.15) is 11.1 Å². The Balaban J connectivity index is 1.31. The summed E-state index contributed by atoms with van der Waals surface area (Å²) in [4.78, 5) is 24.2. The number of hydrogen-bond acceptors (Lipinski definition) is 6. The molecule has 8 heteroatoms. The topological polar surface area (TPSA) is 95.6 Å². The van der Waals surface area contributed by atoms with Crippen molar-refractivity contribution in [3.63, 3.8) is 0 Å². The second-order valence-electron chi connectivity index (χ2n) is 6.94. The van der Waals surface area contributed by atoms with E-state index in [2.05, 4.69) is 10.4 Å². The molecule has 0 saturated heterocycles. The molecular formula is C24H21N3O5. The SMILES string of the molecule is COc1nn(-c2ccc(NC(=O)Cc3ccc(OCc4ccccc4)cc3)cc2)c(=O)o1. The maximum Gasteiger partial charge on any atom is 0.444 e. The molecule has 4 aromatic rings. The van der Waals surface area contributed by atoms with Crippen LogP contribution in [0.25, 0.3) is 5.69 Å². The number of ether oxygens (including phenoxy) is 2. The van der Waals surface area contributed by atoms with Gasteiger partial charge in [-0.1, -0.05) is 47.6 Å². The third kappa shape index (κ3) is 5.23. The van der Waals surface area contributed by atoms with Gasteiger partial charge in [0.15, 0.2) is 0 Å². The van der Waals surface area contributed by atoms with Crippen molar-refractivity contribution in [3.8, 4) is 17.5 Å². The van der Waals surface area contributed by atoms with Crippen LogP contribution >= 0.6 is 0 Å². The monoisotopic (exact) mass is 431 g/mol. The average Bonchev–Trinajstić information content (AvgIpc) is 3.20. The highest BCUT2D eigenvalue weighted by Crippen LogP contribution is 2.16. The quantitative estimate of drug-likeness (QED) is 0.458. The van der Waals surface area contributed by atoms with Crippen molar-refractivity contribution >= 4 is 11.6 Å². The summed E-state index contributed by atoms with van der Waals surface area (Å²) in [5, 5.41) is 6.74. The molecule has 1 heterocycles. The number of carbonyl (C=O) groups is 1. The van der Waals surface area contributed by atoms with Crippen molar-refractivity contribution < 1.29 is 18.7 Å². The van der Waals surface area contributed by atoms with Crippen LogP contribution in [0.3, 0.4) is 0 Å². The summed E-state index contributed by atoms with van der Waals surface area (Å²) in [6, 6.07) is 24.0. The molecule has 0 radical (unpaired) electrons. The van der Waals surface area contributed by atoms with Gasteiger partial charge < -0.3 is 19.2 Å². The van der Waals surface area contributed by atoms with E-state index in [9.17, 15) is 9.59 Å². The molecule has 1 N–H and O–H groups in total. The molecule has 1 aromatic heterocycles. The summed E-state index contributed by atoms with van der Waals surface area (Å²) in [6.07, 6.45) is 0.101. The van der Waals surface area contributed by atoms with Gasteiger partial charge in [0.2, 0.25) is 5.91 Å². The molecule has 0 saturated carbocycles. The van der Waals surface area contributed by atoms with Crippen molar-refractivity contribution in [2.45, 2.75) is 13.0 Å². The van der Waals surface area contributed by atoms with Gasteiger partial charge >= 0.3 is 11.8 Å². The molecule has 4 rings (SSSR count). The molecule has 162 valence electrons. The zero-order valence-corrected chi connectivity index (χ0v) is 17.4. The fourth-order valence-electron chi connectivity index (χ4n) is 3.03. The molecule has 0 atom stereocenters. The van der Waals surface area contributed by atoms with Crippen molar-refractivity contribution in [1.29, 1.82) is 0 Å². The Kier molecular flexibility index (Phi) is 6.31. The second-order valence-corrected chi connectivity index (χ2v) is 6.94. The molecular weight excluding hydrogens is 410 g/mol. The maximum atomic E-state index is 12.4. The lowest BCUT2D eigenvalue weighted by Gasteiger charge is -2.08. The van der Waals surface area contributed by atoms with Crippen LogP contribution in [0, 0.1) is 0 Å². The van der Waals surface area contributed by atoms with E-state index in [1.165, 1.54) is 7.11 Å². The molecule has 0 fully saturated rings. The van der Waals surface area contributed by atoms with E-state index >= 15 is 0 Å². The van der Waals surface area contributed by atoms with Gasteiger partial charge in [-0.3, -0.25) is 4.79 Å². The highest BCUT2D eigenvalue weighted by atomic mass is 16.6. The third-order valence-electron chi connectivity index (χ3n) is 4.64. The fourth-order valence-corrected chi connectivity index (χ4v) is 3.03. The van der Waals surface area contributed by atoms with Gasteiger partial charge in [0.25, 0.3) is 0 Å². The van der Waals surface area contributed by atoms with Gasteiger partial charge in [0.05, 0.1) is 19.2 Å². The summed E-state index contributed by atoms with van der Waals surface area (Å²) in [5.41, 5.74) is 3.05. The Bertz CT molecular complexity index is 1230. The van der Waals surface area contributed by atoms with Crippen LogP contribution in [0.15, 0.2) is 88.1 Å². The zero-order valence-electron chi connectivity index (χ0n) is 17.4. The molecule has 8 nitrogen and oxygen atoms in total. The minimum atomic E-state index is -0.658. The summed E-state index contributed by atoms with van der Waals surface area (Å²) >= 11 is 0. The Morgan fingerprint density at radius 1 is 0.969 bits per heavy atom. The van der Waals surface area contributed by atoms with Gasteiger partial charge in [-0.25, -0.2) is 4.79 Å². The first kappa shape index (κ1) is 20.9. The van der Waals surface area contributed by atoms with E-state index in [-0.39, 0.29) is 18.4 Å². The van der Waals surface area contributed by atoms with Crippen LogP contribution < -0.4 is 20.5 Å². The predicted octanol–water partition coefficient (Wildman–Crippen LogP) is 3.59. The number of rotatable bonds is 8. The summed E-state index contributed by atoms with van der Waals surface area (Å²) in [5.74, 6) is -0.0702. The Hall–Kier alpha value is -4.33. The molecule has 3 aromatic carbocycles. The molecule has 0 spiro atoms. The van der Waals surface area contributed by atoms with E-state index in [1.54, 1.807) is 24.3 Å². The number of methoxy groups -OCH3 is 1. The zero-order chi connectivity index (χ0) is 22.3. The Morgan fingerprint density at radius 2 is 1.69 bits per heavy atom. The van der Waals surface area contributed by atoms with Crippen LogP contribution in [-0.4, -0.2) is 22.8 Å². The van der Waals surface area contributed by atoms with Crippen molar-refractivity contribution in [1.82, 2.24) is 9.78 Å². The van der Waals surface area contributed by atoms with E-state index in [1.807, 2.05) is 54.6 Å². The number of benzene rings is 3. The lowest BCUT2D eigenvalue weighted by molar-refractivity contribution is -0.115. The normalized spacial score (nSPS) is 10.5. The predicted molar refractivity (Wildman–Crippen MR) is 118 cm³/mol. The van der Waals surface area contributed by atoms with Crippen LogP contribution in [0.4, 0.5) is 5.69 Å². The highest BCUT2D eigenvalue weighted by molar-refractivity contribution is 5.92. The third-order valence-corrected chi connectivity index (χ3v) is 4.64. The number of nitrogens with zero attached hydrogens (tertiary/aromatic N) is 2. The van der Waals surface area contributed by atoms with Crippen molar-refractivity contribution in [3.05, 3.63) is 101 Å². The largest absolute Gasteiger partial charge is 0.489 e. The van der Waals surface area contributed by atoms with Gasteiger partial charge in [0.1, 0.15) is 12.4 Å². The van der Waals surface area contributed by atoms with E-state index < -0.39 is 5.76 Å². The van der Waals surface area contributed by atoms with Crippen LogP contribution in [0.2, 0.25) is 0 Å². The number of carbonyl (C=O) groups excluding carboxylic acids is 1. The number of amides is 1. The Morgan fingerprint density at radius 3 is 2.34 bits per heavy atom. The first-order valence-electron chi connectivity index (χ1n) is 9.91. The lowest BCUT2D eigenvalue weighted by Crippen LogP contribution is -2.15. The molecule has 0 aliphatic heterocycles. The lowest BCUT2D eigenvalue weighted by atomic mass is 10.1. The number of anilines is 1. The van der Waals surface area contributed by atoms with Gasteiger partial charge in [-0.2, -0.15) is 4.68 Å².